The number of likely N-dealkylation sites (N-methyl/N-ethyl adjacent to an activating group) is 1. The fourth-order valence-electron chi connectivity index (χ4n) is 3.18. The van der Waals surface area contributed by atoms with E-state index < -0.39 is 0 Å². The van der Waals surface area contributed by atoms with Gasteiger partial charge in [0.2, 0.25) is 5.96 Å². The first-order valence-electron chi connectivity index (χ1n) is 10.4. The number of piperazine rings is 1. The number of nitrogens with one attached hydrogen (secondary N) is 2. The van der Waals surface area contributed by atoms with Crippen molar-refractivity contribution in [2.75, 3.05) is 44.3 Å². The third kappa shape index (κ3) is 6.18. The normalized spacial score (nSPS) is 15.6. The molecule has 1 aliphatic rings. The maximum Gasteiger partial charge on any atom is 0.232 e. The van der Waals surface area contributed by atoms with Gasteiger partial charge in [-0.1, -0.05) is 18.3 Å². The molecule has 0 saturated carbocycles. The van der Waals surface area contributed by atoms with Crippen LogP contribution in [-0.4, -0.2) is 64.4 Å². The van der Waals surface area contributed by atoms with E-state index in [1.807, 2.05) is 42.5 Å². The monoisotopic (exact) mass is 465 g/mol. The Morgan fingerprint density at radius 1 is 1.18 bits per heavy atom. The molecule has 4 rings (SSSR count). The van der Waals surface area contributed by atoms with Gasteiger partial charge in [-0.3, -0.25) is 5.10 Å². The minimum Gasteiger partial charge on any atom is -0.463 e. The zero-order valence-corrected chi connectivity index (χ0v) is 19.2. The molecular weight excluding hydrogens is 438 g/mol. The minimum atomic E-state index is 0.289. The summed E-state index contributed by atoms with van der Waals surface area (Å²) in [5.41, 5.74) is 13.4. The Bertz CT molecular complexity index is 1130. The summed E-state index contributed by atoms with van der Waals surface area (Å²) in [5, 5.41) is 10.7. The first-order valence-corrected chi connectivity index (χ1v) is 11.2. The highest BCUT2D eigenvalue weighted by Gasteiger charge is 2.16. The van der Waals surface area contributed by atoms with E-state index in [1.165, 1.54) is 11.8 Å². The quantitative estimate of drug-likeness (QED) is 0.195. The van der Waals surface area contributed by atoms with Crippen LogP contribution in [-0.2, 0) is 0 Å². The number of anilines is 2. The van der Waals surface area contributed by atoms with Crippen molar-refractivity contribution in [1.29, 1.82) is 0 Å². The zero-order valence-electron chi connectivity index (χ0n) is 18.4. The Hall–Kier alpha value is -3.70. The van der Waals surface area contributed by atoms with Crippen LogP contribution in [0.25, 0.3) is 11.5 Å². The van der Waals surface area contributed by atoms with Crippen LogP contribution in [0.15, 0.2) is 80.4 Å². The Kier molecular flexibility index (Phi) is 7.01. The number of hydrogen-bond acceptors (Lipinski definition) is 7. The Balaban J connectivity index is 1.54. The Labute approximate surface area is 196 Å². The summed E-state index contributed by atoms with van der Waals surface area (Å²) in [5.74, 6) is 2.11. The SMILES string of the molecule is C=C(N=C(N=C(N)Sc1ccc(N)cc1)Nc1cc(-c2ccco2)[nH]n1)N1CCN(C)CC1. The number of amidine groups is 1. The maximum absolute atomic E-state index is 6.22. The van der Waals surface area contributed by atoms with E-state index >= 15 is 0 Å². The molecule has 0 bridgehead atoms. The number of benzene rings is 1. The molecule has 1 saturated heterocycles. The number of aromatic nitrogens is 2. The number of hydrogen-bond donors (Lipinski definition) is 4. The Morgan fingerprint density at radius 2 is 1.94 bits per heavy atom. The first-order chi connectivity index (χ1) is 16.0. The molecule has 0 amide bonds. The van der Waals surface area contributed by atoms with Crippen LogP contribution in [0.2, 0.25) is 0 Å². The molecule has 6 N–H and O–H groups in total. The van der Waals surface area contributed by atoms with Crippen molar-refractivity contribution in [3.63, 3.8) is 0 Å². The van der Waals surface area contributed by atoms with Gasteiger partial charge in [0.15, 0.2) is 16.7 Å². The van der Waals surface area contributed by atoms with E-state index in [1.54, 1.807) is 6.26 Å². The molecule has 1 aliphatic heterocycles. The lowest BCUT2D eigenvalue weighted by molar-refractivity contribution is 0.186. The lowest BCUT2D eigenvalue weighted by Crippen LogP contribution is -2.43. The van der Waals surface area contributed by atoms with E-state index in [9.17, 15) is 0 Å². The van der Waals surface area contributed by atoms with Crippen LogP contribution >= 0.6 is 11.8 Å². The first kappa shape index (κ1) is 22.5. The van der Waals surface area contributed by atoms with Gasteiger partial charge in [0.1, 0.15) is 11.5 Å². The summed E-state index contributed by atoms with van der Waals surface area (Å²) in [6, 6.07) is 12.9. The molecule has 1 fully saturated rings. The molecule has 10 nitrogen and oxygen atoms in total. The number of nitrogens with two attached hydrogens (primary N) is 2. The standard InChI is InChI=1S/C22H27N9OS/c1-15(31-11-9-30(2)10-12-31)25-22(27-21(24)33-17-7-5-16(23)6-8-17)26-20-14-18(28-29-20)19-4-3-13-32-19/h3-8,13-14H,1,9-12,23H2,2H3,(H4,24,25,26,27,28,29). The van der Waals surface area contributed by atoms with Crippen molar-refractivity contribution in [1.82, 2.24) is 20.0 Å². The van der Waals surface area contributed by atoms with E-state index in [0.29, 0.717) is 28.3 Å². The average molecular weight is 466 g/mol. The predicted octanol–water partition coefficient (Wildman–Crippen LogP) is 2.85. The maximum atomic E-state index is 6.22. The molecular formula is C22H27N9OS. The number of aliphatic imine (C=N–C) groups is 2. The van der Waals surface area contributed by atoms with E-state index in [2.05, 4.69) is 48.9 Å². The highest BCUT2D eigenvalue weighted by atomic mass is 32.2. The largest absolute Gasteiger partial charge is 0.463 e. The third-order valence-electron chi connectivity index (χ3n) is 5.03. The topological polar surface area (TPSA) is 137 Å². The number of H-pyrrole nitrogens is 1. The second-order valence-corrected chi connectivity index (χ2v) is 8.63. The van der Waals surface area contributed by atoms with Crippen molar-refractivity contribution < 1.29 is 4.42 Å². The summed E-state index contributed by atoms with van der Waals surface area (Å²) in [4.78, 5) is 14.4. The molecule has 0 unspecified atom stereocenters. The molecule has 3 aromatic rings. The number of nitrogen functional groups attached to an aromatic ring is 1. The highest BCUT2D eigenvalue weighted by molar-refractivity contribution is 8.13. The molecule has 0 aliphatic carbocycles. The number of thioether (sulfide) groups is 1. The lowest BCUT2D eigenvalue weighted by atomic mass is 10.3. The van der Waals surface area contributed by atoms with Gasteiger partial charge in [-0.15, -0.1) is 0 Å². The van der Waals surface area contributed by atoms with E-state index in [0.717, 1.165) is 36.8 Å². The van der Waals surface area contributed by atoms with E-state index in [4.69, 9.17) is 15.9 Å². The van der Waals surface area contributed by atoms with Gasteiger partial charge in [0.25, 0.3) is 0 Å². The number of furan rings is 1. The van der Waals surface area contributed by atoms with Crippen molar-refractivity contribution in [3.8, 4) is 11.5 Å². The zero-order chi connectivity index (χ0) is 23.2. The fraction of sp³-hybridized carbons (Fsp3) is 0.227. The van der Waals surface area contributed by atoms with Gasteiger partial charge in [-0.05, 0) is 43.4 Å². The van der Waals surface area contributed by atoms with Crippen LogP contribution in [0.1, 0.15) is 0 Å². The number of aromatic amines is 1. The highest BCUT2D eigenvalue weighted by Crippen LogP contribution is 2.22. The van der Waals surface area contributed by atoms with Crippen LogP contribution < -0.4 is 16.8 Å². The average Bonchev–Trinajstić information content (AvgIpc) is 3.48. The predicted molar refractivity (Wildman–Crippen MR) is 134 cm³/mol. The summed E-state index contributed by atoms with van der Waals surface area (Å²) < 4.78 is 5.42. The second-order valence-electron chi connectivity index (χ2n) is 7.53. The summed E-state index contributed by atoms with van der Waals surface area (Å²) in [6.07, 6.45) is 1.61. The molecule has 0 radical (unpaired) electrons. The van der Waals surface area contributed by atoms with Crippen LogP contribution in [0.5, 0.6) is 0 Å². The van der Waals surface area contributed by atoms with Crippen molar-refractivity contribution in [2.45, 2.75) is 4.90 Å². The lowest BCUT2D eigenvalue weighted by Gasteiger charge is -2.33. The second kappa shape index (κ2) is 10.3. The third-order valence-corrected chi connectivity index (χ3v) is 5.83. The molecule has 0 spiro atoms. The van der Waals surface area contributed by atoms with Crippen LogP contribution in [0.3, 0.4) is 0 Å². The van der Waals surface area contributed by atoms with Gasteiger partial charge in [-0.2, -0.15) is 15.1 Å². The summed E-state index contributed by atoms with van der Waals surface area (Å²) >= 11 is 1.32. The molecule has 2 aromatic heterocycles. The summed E-state index contributed by atoms with van der Waals surface area (Å²) in [7, 11) is 2.10. The van der Waals surface area contributed by atoms with Crippen LogP contribution in [0, 0.1) is 0 Å². The van der Waals surface area contributed by atoms with Crippen molar-refractivity contribution in [3.05, 3.63) is 61.1 Å². The molecule has 33 heavy (non-hydrogen) atoms. The summed E-state index contributed by atoms with van der Waals surface area (Å²) in [6.45, 7) is 7.72. The minimum absolute atomic E-state index is 0.289. The molecule has 11 heteroatoms. The molecule has 3 heterocycles. The number of guanidine groups is 1. The van der Waals surface area contributed by atoms with Crippen LogP contribution in [0.4, 0.5) is 11.5 Å². The van der Waals surface area contributed by atoms with Crippen molar-refractivity contribution >= 4 is 34.4 Å². The molecule has 0 atom stereocenters. The van der Waals surface area contributed by atoms with Gasteiger partial charge in [-0.25, -0.2) is 0 Å². The Morgan fingerprint density at radius 3 is 2.64 bits per heavy atom. The van der Waals surface area contributed by atoms with E-state index in [-0.39, 0.29) is 5.96 Å². The van der Waals surface area contributed by atoms with Gasteiger partial charge in [0.05, 0.1) is 6.26 Å². The number of rotatable bonds is 5. The van der Waals surface area contributed by atoms with Gasteiger partial charge >= 0.3 is 0 Å². The smallest absolute Gasteiger partial charge is 0.232 e. The fourth-order valence-corrected chi connectivity index (χ4v) is 3.83. The van der Waals surface area contributed by atoms with Gasteiger partial charge in [0, 0.05) is 42.8 Å². The molecule has 1 aromatic carbocycles. The molecule has 172 valence electrons. The van der Waals surface area contributed by atoms with Gasteiger partial charge < -0.3 is 31.0 Å². The van der Waals surface area contributed by atoms with Crippen molar-refractivity contribution in [2.24, 2.45) is 15.7 Å². The number of nitrogens with zero attached hydrogens (tertiary/aromatic N) is 5.